The van der Waals surface area contributed by atoms with Gasteiger partial charge in [0.2, 0.25) is 5.88 Å². The van der Waals surface area contributed by atoms with Gasteiger partial charge in [-0.2, -0.15) is 0 Å². The van der Waals surface area contributed by atoms with Crippen molar-refractivity contribution in [1.82, 2.24) is 4.98 Å². The van der Waals surface area contributed by atoms with Crippen molar-refractivity contribution in [2.45, 2.75) is 5.33 Å². The molecule has 4 heteroatoms. The molecule has 0 saturated carbocycles. The molecule has 2 rings (SSSR count). The highest BCUT2D eigenvalue weighted by molar-refractivity contribution is 9.10. The fourth-order valence-corrected chi connectivity index (χ4v) is 1.92. The zero-order chi connectivity index (χ0) is 11.4. The molecule has 2 aromatic rings. The highest BCUT2D eigenvalue weighted by Crippen LogP contribution is 2.25. The summed E-state index contributed by atoms with van der Waals surface area (Å²) in [6.45, 7) is 0. The second-order valence-corrected chi connectivity index (χ2v) is 4.63. The van der Waals surface area contributed by atoms with E-state index in [1.165, 1.54) is 0 Å². The predicted octanol–water partition coefficient (Wildman–Crippen LogP) is 4.53. The van der Waals surface area contributed by atoms with E-state index in [-0.39, 0.29) is 0 Å². The summed E-state index contributed by atoms with van der Waals surface area (Å²) in [7, 11) is 0. The Bertz CT molecular complexity index is 471. The fraction of sp³-hybridized carbons (Fsp3) is 0.0833. The van der Waals surface area contributed by atoms with Crippen LogP contribution in [0.1, 0.15) is 5.56 Å². The van der Waals surface area contributed by atoms with Crippen molar-refractivity contribution < 1.29 is 4.74 Å². The summed E-state index contributed by atoms with van der Waals surface area (Å²) in [5.41, 5.74) is 1.03. The third kappa shape index (κ3) is 2.83. The van der Waals surface area contributed by atoms with E-state index >= 15 is 0 Å². The van der Waals surface area contributed by atoms with Gasteiger partial charge in [-0.05, 0) is 30.3 Å². The molecule has 0 fully saturated rings. The van der Waals surface area contributed by atoms with E-state index in [1.807, 2.05) is 36.4 Å². The van der Waals surface area contributed by atoms with Crippen LogP contribution in [0, 0.1) is 0 Å². The number of alkyl halides is 1. The lowest BCUT2D eigenvalue weighted by Crippen LogP contribution is -1.91. The number of pyridine rings is 1. The third-order valence-electron chi connectivity index (χ3n) is 2.02. The highest BCUT2D eigenvalue weighted by atomic mass is 79.9. The van der Waals surface area contributed by atoms with Crippen molar-refractivity contribution in [1.29, 1.82) is 0 Å². The van der Waals surface area contributed by atoms with Gasteiger partial charge in [0, 0.05) is 21.6 Å². The first kappa shape index (κ1) is 11.6. The number of aromatic nitrogens is 1. The number of halogens is 2. The molecular weight excluding hydrogens is 334 g/mol. The maximum absolute atomic E-state index is 5.69. The minimum Gasteiger partial charge on any atom is -0.439 e. The minimum atomic E-state index is 0.640. The van der Waals surface area contributed by atoms with E-state index in [9.17, 15) is 0 Å². The van der Waals surface area contributed by atoms with E-state index in [4.69, 9.17) is 4.74 Å². The number of nitrogens with zero attached hydrogens (tertiary/aromatic N) is 1. The molecule has 0 amide bonds. The van der Waals surface area contributed by atoms with Crippen molar-refractivity contribution in [3.63, 3.8) is 0 Å². The standard InChI is InChI=1S/C12H9Br2NO/c13-8-9-2-1-7-15-12(9)16-11-5-3-10(14)4-6-11/h1-7H,8H2. The van der Waals surface area contributed by atoms with Crippen molar-refractivity contribution in [3.8, 4) is 11.6 Å². The lowest BCUT2D eigenvalue weighted by molar-refractivity contribution is 0.458. The monoisotopic (exact) mass is 341 g/mol. The van der Waals surface area contributed by atoms with Crippen LogP contribution >= 0.6 is 31.9 Å². The Morgan fingerprint density at radius 3 is 2.56 bits per heavy atom. The molecule has 82 valence electrons. The number of benzene rings is 1. The van der Waals surface area contributed by atoms with Gasteiger partial charge in [-0.1, -0.05) is 37.9 Å². The molecule has 0 spiro atoms. The van der Waals surface area contributed by atoms with Crippen molar-refractivity contribution in [3.05, 3.63) is 52.6 Å². The molecular formula is C12H9Br2NO. The maximum atomic E-state index is 5.69. The van der Waals surface area contributed by atoms with Crippen LogP contribution in [0.2, 0.25) is 0 Å². The van der Waals surface area contributed by atoms with E-state index < -0.39 is 0 Å². The van der Waals surface area contributed by atoms with Gasteiger partial charge in [-0.3, -0.25) is 0 Å². The molecule has 0 aliphatic heterocycles. The quantitative estimate of drug-likeness (QED) is 0.764. The van der Waals surface area contributed by atoms with Gasteiger partial charge in [-0.25, -0.2) is 4.98 Å². The van der Waals surface area contributed by atoms with E-state index in [0.717, 1.165) is 21.1 Å². The minimum absolute atomic E-state index is 0.640. The van der Waals surface area contributed by atoms with Crippen LogP contribution in [0.5, 0.6) is 11.6 Å². The molecule has 0 aliphatic rings. The first-order chi connectivity index (χ1) is 7.79. The number of rotatable bonds is 3. The summed E-state index contributed by atoms with van der Waals surface area (Å²) >= 11 is 6.79. The van der Waals surface area contributed by atoms with Crippen LogP contribution < -0.4 is 4.74 Å². The summed E-state index contributed by atoms with van der Waals surface area (Å²) in [6, 6.07) is 11.5. The summed E-state index contributed by atoms with van der Waals surface area (Å²) in [5.74, 6) is 1.42. The van der Waals surface area contributed by atoms with Crippen LogP contribution in [0.3, 0.4) is 0 Å². The van der Waals surface area contributed by atoms with Crippen molar-refractivity contribution >= 4 is 31.9 Å². The summed E-state index contributed by atoms with van der Waals surface area (Å²) in [5, 5.41) is 0.729. The zero-order valence-electron chi connectivity index (χ0n) is 8.36. The van der Waals surface area contributed by atoms with Crippen LogP contribution in [0.15, 0.2) is 47.1 Å². The van der Waals surface area contributed by atoms with E-state index in [2.05, 4.69) is 36.8 Å². The SMILES string of the molecule is BrCc1cccnc1Oc1ccc(Br)cc1. The molecule has 0 N–H and O–H groups in total. The molecule has 1 aromatic carbocycles. The molecule has 0 saturated heterocycles. The number of hydrogen-bond donors (Lipinski definition) is 0. The smallest absolute Gasteiger partial charge is 0.223 e. The highest BCUT2D eigenvalue weighted by Gasteiger charge is 2.04. The Morgan fingerprint density at radius 2 is 1.88 bits per heavy atom. The summed E-state index contributed by atoms with van der Waals surface area (Å²) < 4.78 is 6.72. The van der Waals surface area contributed by atoms with Crippen LogP contribution in [0.4, 0.5) is 0 Å². The first-order valence-corrected chi connectivity index (χ1v) is 6.64. The second-order valence-electron chi connectivity index (χ2n) is 3.16. The predicted molar refractivity (Wildman–Crippen MR) is 71.1 cm³/mol. The lowest BCUT2D eigenvalue weighted by atomic mass is 10.3. The van der Waals surface area contributed by atoms with Gasteiger partial charge in [0.05, 0.1) is 0 Å². The fourth-order valence-electron chi connectivity index (χ4n) is 1.23. The Morgan fingerprint density at radius 1 is 1.12 bits per heavy atom. The van der Waals surface area contributed by atoms with Gasteiger partial charge in [-0.15, -0.1) is 0 Å². The summed E-state index contributed by atoms with van der Waals surface area (Å²) in [4.78, 5) is 4.20. The summed E-state index contributed by atoms with van der Waals surface area (Å²) in [6.07, 6.45) is 1.72. The number of hydrogen-bond acceptors (Lipinski definition) is 2. The molecule has 0 atom stereocenters. The topological polar surface area (TPSA) is 22.1 Å². The second kappa shape index (κ2) is 5.46. The largest absolute Gasteiger partial charge is 0.439 e. The van der Waals surface area contributed by atoms with Gasteiger partial charge in [0.15, 0.2) is 0 Å². The Labute approximate surface area is 111 Å². The molecule has 16 heavy (non-hydrogen) atoms. The van der Waals surface area contributed by atoms with E-state index in [1.54, 1.807) is 6.20 Å². The Hall–Kier alpha value is -0.870. The molecule has 0 radical (unpaired) electrons. The van der Waals surface area contributed by atoms with Gasteiger partial charge >= 0.3 is 0 Å². The number of ether oxygens (including phenoxy) is 1. The van der Waals surface area contributed by atoms with Gasteiger partial charge < -0.3 is 4.74 Å². The normalized spacial score (nSPS) is 10.1. The average molecular weight is 343 g/mol. The lowest BCUT2D eigenvalue weighted by Gasteiger charge is -2.07. The molecule has 0 bridgehead atoms. The zero-order valence-corrected chi connectivity index (χ0v) is 11.5. The molecule has 0 aliphatic carbocycles. The molecule has 1 aromatic heterocycles. The van der Waals surface area contributed by atoms with Gasteiger partial charge in [0.25, 0.3) is 0 Å². The van der Waals surface area contributed by atoms with E-state index in [0.29, 0.717) is 5.88 Å². The third-order valence-corrected chi connectivity index (χ3v) is 3.15. The van der Waals surface area contributed by atoms with Crippen LogP contribution in [-0.4, -0.2) is 4.98 Å². The van der Waals surface area contributed by atoms with Crippen LogP contribution in [-0.2, 0) is 5.33 Å². The molecule has 0 unspecified atom stereocenters. The Kier molecular flexibility index (Phi) is 3.96. The molecule has 1 heterocycles. The first-order valence-electron chi connectivity index (χ1n) is 4.73. The van der Waals surface area contributed by atoms with Crippen molar-refractivity contribution in [2.24, 2.45) is 0 Å². The average Bonchev–Trinajstić information content (AvgIpc) is 2.33. The van der Waals surface area contributed by atoms with Crippen LogP contribution in [0.25, 0.3) is 0 Å². The molecule has 2 nitrogen and oxygen atoms in total. The van der Waals surface area contributed by atoms with Crippen molar-refractivity contribution in [2.75, 3.05) is 0 Å². The van der Waals surface area contributed by atoms with Gasteiger partial charge in [0.1, 0.15) is 5.75 Å². The maximum Gasteiger partial charge on any atom is 0.223 e. The Balaban J connectivity index is 2.23.